The molecule has 0 unspecified atom stereocenters. The van der Waals surface area contributed by atoms with E-state index in [0.29, 0.717) is 52.4 Å². The van der Waals surface area contributed by atoms with Gasteiger partial charge >= 0.3 is 0 Å². The summed E-state index contributed by atoms with van der Waals surface area (Å²) in [5.74, 6) is 0.239. The van der Waals surface area contributed by atoms with E-state index in [-0.39, 0.29) is 17.3 Å². The maximum atomic E-state index is 13.4. The molecule has 0 bridgehead atoms. The SMILES string of the molecule is Cc1nc(-c2cc(S(=O)(=O)N3CCC[C@H](C(=O)NCc4ccc(Cl)cc4)C3)c(C)s2)no1. The van der Waals surface area contributed by atoms with Crippen LogP contribution < -0.4 is 5.32 Å². The third-order valence-corrected chi connectivity index (χ3v) is 8.79. The highest BCUT2D eigenvalue weighted by Gasteiger charge is 2.35. The first kappa shape index (κ1) is 22.9. The van der Waals surface area contributed by atoms with E-state index in [0.717, 1.165) is 5.56 Å². The van der Waals surface area contributed by atoms with Crippen LogP contribution in [0.4, 0.5) is 0 Å². The zero-order chi connectivity index (χ0) is 22.9. The summed E-state index contributed by atoms with van der Waals surface area (Å²) < 4.78 is 33.1. The number of hydrogen-bond donors (Lipinski definition) is 1. The lowest BCUT2D eigenvalue weighted by Gasteiger charge is -2.31. The maximum Gasteiger partial charge on any atom is 0.244 e. The molecule has 1 atom stereocenters. The highest BCUT2D eigenvalue weighted by Crippen LogP contribution is 2.34. The molecule has 1 amide bonds. The quantitative estimate of drug-likeness (QED) is 0.559. The van der Waals surface area contributed by atoms with Gasteiger partial charge in [0.1, 0.15) is 0 Å². The van der Waals surface area contributed by atoms with Crippen molar-refractivity contribution in [2.75, 3.05) is 13.1 Å². The van der Waals surface area contributed by atoms with Crippen LogP contribution in [0, 0.1) is 19.8 Å². The molecule has 0 radical (unpaired) electrons. The Morgan fingerprint density at radius 1 is 1.31 bits per heavy atom. The molecule has 0 aliphatic carbocycles. The number of amides is 1. The fourth-order valence-electron chi connectivity index (χ4n) is 3.68. The van der Waals surface area contributed by atoms with Crippen LogP contribution in [0.15, 0.2) is 39.8 Å². The number of aromatic nitrogens is 2. The Hall–Kier alpha value is -2.27. The van der Waals surface area contributed by atoms with Crippen LogP contribution in [0.1, 0.15) is 29.2 Å². The zero-order valence-electron chi connectivity index (χ0n) is 17.7. The van der Waals surface area contributed by atoms with E-state index in [2.05, 4.69) is 15.5 Å². The molecule has 170 valence electrons. The predicted octanol–water partition coefficient (Wildman–Crippen LogP) is 3.79. The molecule has 1 aromatic carbocycles. The summed E-state index contributed by atoms with van der Waals surface area (Å²) in [7, 11) is -3.75. The van der Waals surface area contributed by atoms with E-state index in [9.17, 15) is 13.2 Å². The van der Waals surface area contributed by atoms with Crippen molar-refractivity contribution < 1.29 is 17.7 Å². The monoisotopic (exact) mass is 494 g/mol. The third-order valence-electron chi connectivity index (χ3n) is 5.37. The van der Waals surface area contributed by atoms with E-state index in [1.54, 1.807) is 32.0 Å². The van der Waals surface area contributed by atoms with Crippen LogP contribution in [0.2, 0.25) is 5.02 Å². The fraction of sp³-hybridized carbons (Fsp3) is 0.381. The summed E-state index contributed by atoms with van der Waals surface area (Å²) in [6.45, 7) is 4.35. The molecular weight excluding hydrogens is 472 g/mol. The molecule has 1 fully saturated rings. The van der Waals surface area contributed by atoms with Gasteiger partial charge in [0, 0.05) is 36.5 Å². The second kappa shape index (κ2) is 9.30. The van der Waals surface area contributed by atoms with Crippen molar-refractivity contribution in [1.82, 2.24) is 19.8 Å². The van der Waals surface area contributed by atoms with Crippen molar-refractivity contribution in [3.63, 3.8) is 0 Å². The molecule has 1 aliphatic rings. The number of thiophene rings is 1. The van der Waals surface area contributed by atoms with Crippen LogP contribution in [-0.2, 0) is 21.4 Å². The number of piperidine rings is 1. The molecule has 8 nitrogen and oxygen atoms in total. The van der Waals surface area contributed by atoms with Crippen LogP contribution >= 0.6 is 22.9 Å². The number of halogens is 1. The number of nitrogens with zero attached hydrogens (tertiary/aromatic N) is 3. The molecule has 0 saturated carbocycles. The Morgan fingerprint density at radius 3 is 2.75 bits per heavy atom. The fourth-order valence-corrected chi connectivity index (χ4v) is 6.82. The third kappa shape index (κ3) is 4.88. The number of carbonyl (C=O) groups excluding carboxylic acids is 1. The van der Waals surface area contributed by atoms with Gasteiger partial charge in [0.25, 0.3) is 0 Å². The molecule has 3 heterocycles. The van der Waals surface area contributed by atoms with E-state index in [1.165, 1.54) is 15.6 Å². The van der Waals surface area contributed by atoms with Gasteiger partial charge in [-0.3, -0.25) is 4.79 Å². The van der Waals surface area contributed by atoms with Crippen LogP contribution in [-0.4, -0.2) is 41.9 Å². The van der Waals surface area contributed by atoms with E-state index in [4.69, 9.17) is 16.1 Å². The van der Waals surface area contributed by atoms with Crippen molar-refractivity contribution in [3.05, 3.63) is 51.7 Å². The van der Waals surface area contributed by atoms with E-state index >= 15 is 0 Å². The zero-order valence-corrected chi connectivity index (χ0v) is 20.1. The number of aryl methyl sites for hydroxylation is 2. The molecule has 11 heteroatoms. The maximum absolute atomic E-state index is 13.4. The van der Waals surface area contributed by atoms with Gasteiger partial charge in [0.2, 0.25) is 27.6 Å². The first-order valence-corrected chi connectivity index (χ1v) is 12.8. The van der Waals surface area contributed by atoms with Crippen LogP contribution in [0.5, 0.6) is 0 Å². The van der Waals surface area contributed by atoms with Gasteiger partial charge in [-0.2, -0.15) is 9.29 Å². The van der Waals surface area contributed by atoms with E-state index in [1.807, 2.05) is 12.1 Å². The minimum Gasteiger partial charge on any atom is -0.352 e. The number of nitrogens with one attached hydrogen (secondary N) is 1. The molecule has 3 aromatic rings. The van der Waals surface area contributed by atoms with Gasteiger partial charge in [0.05, 0.1) is 15.7 Å². The normalized spacial score (nSPS) is 17.4. The number of hydrogen-bond acceptors (Lipinski definition) is 7. The summed E-state index contributed by atoms with van der Waals surface area (Å²) in [5.41, 5.74) is 0.932. The number of rotatable bonds is 6. The number of benzene rings is 1. The van der Waals surface area contributed by atoms with Gasteiger partial charge in [-0.05, 0) is 43.5 Å². The Morgan fingerprint density at radius 2 is 2.06 bits per heavy atom. The van der Waals surface area contributed by atoms with Gasteiger partial charge in [-0.25, -0.2) is 8.42 Å². The first-order valence-electron chi connectivity index (χ1n) is 10.2. The van der Waals surface area contributed by atoms with Crippen molar-refractivity contribution in [2.45, 2.75) is 38.1 Å². The predicted molar refractivity (Wildman–Crippen MR) is 122 cm³/mol. The highest BCUT2D eigenvalue weighted by atomic mass is 35.5. The molecule has 1 aliphatic heterocycles. The lowest BCUT2D eigenvalue weighted by Crippen LogP contribution is -2.45. The summed E-state index contributed by atoms with van der Waals surface area (Å²) in [6, 6.07) is 8.82. The number of sulfonamides is 1. The van der Waals surface area contributed by atoms with E-state index < -0.39 is 15.9 Å². The molecule has 1 saturated heterocycles. The molecule has 2 aromatic heterocycles. The Kier molecular flexibility index (Phi) is 6.66. The van der Waals surface area contributed by atoms with Crippen molar-refractivity contribution in [1.29, 1.82) is 0 Å². The molecular formula is C21H23ClN4O4S2. The van der Waals surface area contributed by atoms with Gasteiger partial charge in [0.15, 0.2) is 0 Å². The molecule has 4 rings (SSSR count). The van der Waals surface area contributed by atoms with Crippen LogP contribution in [0.25, 0.3) is 10.7 Å². The minimum atomic E-state index is -3.75. The Bertz CT molecular complexity index is 1220. The van der Waals surface area contributed by atoms with Crippen LogP contribution in [0.3, 0.4) is 0 Å². The van der Waals surface area contributed by atoms with Crippen molar-refractivity contribution in [3.8, 4) is 10.7 Å². The van der Waals surface area contributed by atoms with Gasteiger partial charge in [-0.15, -0.1) is 11.3 Å². The summed E-state index contributed by atoms with van der Waals surface area (Å²) in [4.78, 5) is 18.4. The van der Waals surface area contributed by atoms with Crippen molar-refractivity contribution >= 4 is 38.9 Å². The average Bonchev–Trinajstić information content (AvgIpc) is 3.39. The standard InChI is InChI=1S/C21H23ClN4O4S2/c1-13-19(10-18(31-13)20-24-14(2)30-25-20)32(28,29)26-9-3-4-16(12-26)21(27)23-11-15-5-7-17(22)8-6-15/h5-8,10,16H,3-4,9,11-12H2,1-2H3,(H,23,27)/t16-/m0/s1. The van der Waals surface area contributed by atoms with Gasteiger partial charge in [-0.1, -0.05) is 28.9 Å². The summed E-state index contributed by atoms with van der Waals surface area (Å²) in [6.07, 6.45) is 1.27. The smallest absolute Gasteiger partial charge is 0.244 e. The lowest BCUT2D eigenvalue weighted by molar-refractivity contribution is -0.126. The highest BCUT2D eigenvalue weighted by molar-refractivity contribution is 7.89. The minimum absolute atomic E-state index is 0.148. The second-order valence-electron chi connectivity index (χ2n) is 7.71. The first-order chi connectivity index (χ1) is 15.2. The summed E-state index contributed by atoms with van der Waals surface area (Å²) in [5, 5.41) is 7.42. The van der Waals surface area contributed by atoms with Crippen molar-refractivity contribution in [2.24, 2.45) is 5.92 Å². The molecule has 0 spiro atoms. The lowest BCUT2D eigenvalue weighted by atomic mass is 9.99. The molecule has 32 heavy (non-hydrogen) atoms. The average molecular weight is 495 g/mol. The molecule has 1 N–H and O–H groups in total. The second-order valence-corrected chi connectivity index (χ2v) is 11.3. The number of carbonyl (C=O) groups is 1. The summed E-state index contributed by atoms with van der Waals surface area (Å²) >= 11 is 7.20. The Labute approximate surface area is 195 Å². The topological polar surface area (TPSA) is 105 Å². The largest absolute Gasteiger partial charge is 0.352 e. The Balaban J connectivity index is 1.45. The van der Waals surface area contributed by atoms with Gasteiger partial charge < -0.3 is 9.84 Å².